The van der Waals surface area contributed by atoms with Crippen LogP contribution in [-0.4, -0.2) is 17.0 Å². The number of pyridine rings is 1. The molecule has 0 aliphatic carbocycles. The first-order valence-corrected chi connectivity index (χ1v) is 8.80. The molecule has 1 atom stereocenters. The van der Waals surface area contributed by atoms with E-state index in [2.05, 4.69) is 4.98 Å². The number of ether oxygens (including phenoxy) is 1. The van der Waals surface area contributed by atoms with E-state index in [1.165, 1.54) is 17.0 Å². The minimum Gasteiger partial charge on any atom is -0.479 e. The highest BCUT2D eigenvalue weighted by Gasteiger charge is 2.25. The Hall–Kier alpha value is -2.92. The van der Waals surface area contributed by atoms with E-state index in [1.54, 1.807) is 67.7 Å². The van der Waals surface area contributed by atoms with Gasteiger partial charge in [-0.25, -0.2) is 9.37 Å². The monoisotopic (exact) mass is 384 g/mol. The Bertz CT molecular complexity index is 921. The first-order valence-electron chi connectivity index (χ1n) is 8.42. The topological polar surface area (TPSA) is 42.4 Å². The smallest absolute Gasteiger partial charge is 0.269 e. The Balaban J connectivity index is 1.85. The van der Waals surface area contributed by atoms with E-state index >= 15 is 0 Å². The molecule has 3 aromatic rings. The zero-order valence-electron chi connectivity index (χ0n) is 14.7. The molecule has 0 saturated carbocycles. The second-order valence-electron chi connectivity index (χ2n) is 5.93. The minimum atomic E-state index is -0.805. The molecule has 1 amide bonds. The molecule has 0 aliphatic heterocycles. The predicted octanol–water partition coefficient (Wildman–Crippen LogP) is 4.87. The molecule has 6 heteroatoms. The number of anilines is 1. The summed E-state index contributed by atoms with van der Waals surface area (Å²) in [6.07, 6.45) is 0.793. The molecular formula is C21H18ClFN2O2. The quantitative estimate of drug-likeness (QED) is 0.608. The molecule has 0 saturated heterocycles. The van der Waals surface area contributed by atoms with Crippen molar-refractivity contribution in [3.8, 4) is 5.75 Å². The molecule has 27 heavy (non-hydrogen) atoms. The molecule has 1 aromatic heterocycles. The van der Waals surface area contributed by atoms with Gasteiger partial charge in [0.2, 0.25) is 0 Å². The fourth-order valence-electron chi connectivity index (χ4n) is 2.60. The van der Waals surface area contributed by atoms with Gasteiger partial charge in [-0.3, -0.25) is 9.69 Å². The van der Waals surface area contributed by atoms with Crippen LogP contribution in [0.1, 0.15) is 12.5 Å². The highest BCUT2D eigenvalue weighted by atomic mass is 35.5. The van der Waals surface area contributed by atoms with Gasteiger partial charge in [-0.05, 0) is 48.9 Å². The summed E-state index contributed by atoms with van der Waals surface area (Å²) in [7, 11) is 0. The summed E-state index contributed by atoms with van der Waals surface area (Å²) in [5.41, 5.74) is 0.652. The third-order valence-electron chi connectivity index (χ3n) is 3.91. The number of carbonyl (C=O) groups excluding carboxylic acids is 1. The van der Waals surface area contributed by atoms with E-state index < -0.39 is 6.10 Å². The lowest BCUT2D eigenvalue weighted by atomic mass is 10.2. The Kier molecular flexibility index (Phi) is 6.04. The van der Waals surface area contributed by atoms with Crippen molar-refractivity contribution in [1.82, 2.24) is 4.98 Å². The third kappa shape index (κ3) is 4.83. The van der Waals surface area contributed by atoms with Crippen molar-refractivity contribution in [2.24, 2.45) is 0 Å². The van der Waals surface area contributed by atoms with Gasteiger partial charge in [-0.1, -0.05) is 41.9 Å². The number of nitrogens with zero attached hydrogens (tertiary/aromatic N) is 2. The van der Waals surface area contributed by atoms with Crippen LogP contribution in [0.2, 0.25) is 5.02 Å². The number of hydrogen-bond acceptors (Lipinski definition) is 3. The van der Waals surface area contributed by atoms with Crippen LogP contribution < -0.4 is 9.64 Å². The van der Waals surface area contributed by atoms with Gasteiger partial charge in [-0.15, -0.1) is 0 Å². The van der Waals surface area contributed by atoms with Crippen LogP contribution in [0.5, 0.6) is 5.75 Å². The van der Waals surface area contributed by atoms with Gasteiger partial charge in [0.25, 0.3) is 5.91 Å². The van der Waals surface area contributed by atoms with Crippen molar-refractivity contribution in [2.75, 3.05) is 4.90 Å². The standard InChI is InChI=1S/C21H18ClFN2O2/c1-15(27-19-10-3-2-9-18(19)22)21(26)25(20-11-4-5-12-24-20)14-16-7-6-8-17(23)13-16/h2-13,15H,14H2,1H3/t15-/m0/s1. The highest BCUT2D eigenvalue weighted by Crippen LogP contribution is 2.25. The Morgan fingerprint density at radius 1 is 1.15 bits per heavy atom. The number of rotatable bonds is 6. The van der Waals surface area contributed by atoms with Crippen molar-refractivity contribution in [1.29, 1.82) is 0 Å². The molecule has 4 nitrogen and oxygen atoms in total. The molecule has 3 rings (SSSR count). The first kappa shape index (κ1) is 18.9. The van der Waals surface area contributed by atoms with Crippen molar-refractivity contribution in [3.63, 3.8) is 0 Å². The van der Waals surface area contributed by atoms with Crippen LogP contribution in [0.3, 0.4) is 0 Å². The molecular weight excluding hydrogens is 367 g/mol. The maximum atomic E-state index is 13.6. The van der Waals surface area contributed by atoms with E-state index in [0.29, 0.717) is 22.2 Å². The largest absolute Gasteiger partial charge is 0.479 e. The van der Waals surface area contributed by atoms with E-state index in [9.17, 15) is 9.18 Å². The van der Waals surface area contributed by atoms with Gasteiger partial charge in [0, 0.05) is 6.20 Å². The van der Waals surface area contributed by atoms with Crippen molar-refractivity contribution >= 4 is 23.3 Å². The first-order chi connectivity index (χ1) is 13.0. The summed E-state index contributed by atoms with van der Waals surface area (Å²) in [4.78, 5) is 18.8. The van der Waals surface area contributed by atoms with Gasteiger partial charge in [0.05, 0.1) is 11.6 Å². The number of benzene rings is 2. The summed E-state index contributed by atoms with van der Waals surface area (Å²) in [6, 6.07) is 18.3. The third-order valence-corrected chi connectivity index (χ3v) is 4.22. The molecule has 0 N–H and O–H groups in total. The molecule has 0 fully saturated rings. The fraction of sp³-hybridized carbons (Fsp3) is 0.143. The Morgan fingerprint density at radius 2 is 1.93 bits per heavy atom. The summed E-state index contributed by atoms with van der Waals surface area (Å²) in [5.74, 6) is 0.215. The molecule has 0 spiro atoms. The fourth-order valence-corrected chi connectivity index (χ4v) is 2.78. The van der Waals surface area contributed by atoms with Crippen LogP contribution in [0.4, 0.5) is 10.2 Å². The van der Waals surface area contributed by atoms with Crippen molar-refractivity contribution < 1.29 is 13.9 Å². The molecule has 0 bridgehead atoms. The second-order valence-corrected chi connectivity index (χ2v) is 6.34. The van der Waals surface area contributed by atoms with Gasteiger partial charge in [0.15, 0.2) is 6.10 Å². The minimum absolute atomic E-state index is 0.170. The average molecular weight is 385 g/mol. The lowest BCUT2D eigenvalue weighted by Gasteiger charge is -2.25. The van der Waals surface area contributed by atoms with Crippen LogP contribution >= 0.6 is 11.6 Å². The molecule has 138 valence electrons. The Labute approximate surface area is 162 Å². The Morgan fingerprint density at radius 3 is 2.63 bits per heavy atom. The van der Waals surface area contributed by atoms with Crippen LogP contribution in [-0.2, 0) is 11.3 Å². The molecule has 0 aliphatic rings. The lowest BCUT2D eigenvalue weighted by Crippen LogP contribution is -2.40. The summed E-state index contributed by atoms with van der Waals surface area (Å²) in [5, 5.41) is 0.423. The summed E-state index contributed by atoms with van der Waals surface area (Å²) >= 11 is 6.11. The highest BCUT2D eigenvalue weighted by molar-refractivity contribution is 6.32. The second kappa shape index (κ2) is 8.64. The van der Waals surface area contributed by atoms with Gasteiger partial charge in [0.1, 0.15) is 17.4 Å². The maximum absolute atomic E-state index is 13.6. The number of amides is 1. The molecule has 0 unspecified atom stereocenters. The van der Waals surface area contributed by atoms with Crippen LogP contribution in [0.25, 0.3) is 0 Å². The zero-order chi connectivity index (χ0) is 19.2. The van der Waals surface area contributed by atoms with E-state index in [1.807, 2.05) is 0 Å². The SMILES string of the molecule is C[C@H](Oc1ccccc1Cl)C(=O)N(Cc1cccc(F)c1)c1ccccn1. The summed E-state index contributed by atoms with van der Waals surface area (Å²) < 4.78 is 19.3. The maximum Gasteiger partial charge on any atom is 0.269 e. The molecule has 0 radical (unpaired) electrons. The number of aromatic nitrogens is 1. The normalized spacial score (nSPS) is 11.7. The van der Waals surface area contributed by atoms with Crippen LogP contribution in [0, 0.1) is 5.82 Å². The molecule has 2 aromatic carbocycles. The average Bonchev–Trinajstić information content (AvgIpc) is 2.68. The zero-order valence-corrected chi connectivity index (χ0v) is 15.4. The lowest BCUT2D eigenvalue weighted by molar-refractivity contribution is -0.124. The predicted molar refractivity (Wildman–Crippen MR) is 103 cm³/mol. The summed E-state index contributed by atoms with van der Waals surface area (Å²) in [6.45, 7) is 1.82. The van der Waals surface area contributed by atoms with Crippen molar-refractivity contribution in [3.05, 3.63) is 89.3 Å². The van der Waals surface area contributed by atoms with E-state index in [4.69, 9.17) is 16.3 Å². The van der Waals surface area contributed by atoms with Gasteiger partial charge >= 0.3 is 0 Å². The van der Waals surface area contributed by atoms with Gasteiger partial charge in [-0.2, -0.15) is 0 Å². The molecule has 1 heterocycles. The number of carbonyl (C=O) groups is 1. The van der Waals surface area contributed by atoms with E-state index in [-0.39, 0.29) is 18.3 Å². The number of hydrogen-bond donors (Lipinski definition) is 0. The van der Waals surface area contributed by atoms with Crippen LogP contribution in [0.15, 0.2) is 72.9 Å². The number of para-hydroxylation sites is 1. The van der Waals surface area contributed by atoms with Gasteiger partial charge < -0.3 is 4.74 Å². The van der Waals surface area contributed by atoms with E-state index in [0.717, 1.165) is 0 Å². The van der Waals surface area contributed by atoms with Crippen molar-refractivity contribution in [2.45, 2.75) is 19.6 Å². The number of halogens is 2.